The van der Waals surface area contributed by atoms with Crippen LogP contribution in [-0.4, -0.2) is 86.6 Å². The van der Waals surface area contributed by atoms with Gasteiger partial charge in [0.25, 0.3) is 0 Å². The molecule has 3 aliphatic heterocycles. The van der Waals surface area contributed by atoms with Gasteiger partial charge in [0.1, 0.15) is 11.6 Å². The molecular formula is C35H49BrN2O6. The van der Waals surface area contributed by atoms with Gasteiger partial charge in [-0.05, 0) is 56.9 Å². The standard InChI is InChI=1S/C35H49BrN2O6/c1-8-10-14-18-43-32(42)26-27-30(40)38(24(21-39)19-23-15-12-11-13-16-23)29(35(27)20-25(36)28(26)44-35)31(41)37(17-9-2)34(6,7)22-33(3,4)5/h8-9,11-13,15-16,24-29,39H,1-2,10,14,17-22H2,3-7H3/t24-,25?,26-,27+,28-,29?,35?/m1/s1. The Morgan fingerprint density at radius 2 is 1.89 bits per heavy atom. The highest BCUT2D eigenvalue weighted by atomic mass is 79.9. The van der Waals surface area contributed by atoms with Gasteiger partial charge in [-0.2, -0.15) is 0 Å². The van der Waals surface area contributed by atoms with Gasteiger partial charge >= 0.3 is 5.97 Å². The summed E-state index contributed by atoms with van der Waals surface area (Å²) in [6.45, 7) is 18.3. The fraction of sp³-hybridized carbons (Fsp3) is 0.629. The summed E-state index contributed by atoms with van der Waals surface area (Å²) in [5, 5.41) is 10.8. The van der Waals surface area contributed by atoms with E-state index in [2.05, 4.69) is 49.9 Å². The lowest BCUT2D eigenvalue weighted by Gasteiger charge is -2.46. The minimum atomic E-state index is -1.25. The third-order valence-corrected chi connectivity index (χ3v) is 10.1. The Kier molecular flexibility index (Phi) is 10.5. The number of aliphatic hydroxyl groups is 1. The maximum absolute atomic E-state index is 15.0. The first kappa shape index (κ1) is 34.4. The molecule has 3 saturated heterocycles. The average molecular weight is 674 g/mol. The van der Waals surface area contributed by atoms with Crippen LogP contribution in [0.2, 0.25) is 0 Å². The average Bonchev–Trinajstić information content (AvgIpc) is 3.54. The number of hydrogen-bond donors (Lipinski definition) is 1. The minimum Gasteiger partial charge on any atom is -0.465 e. The summed E-state index contributed by atoms with van der Waals surface area (Å²) in [5.41, 5.74) is -0.994. The first-order valence-corrected chi connectivity index (χ1v) is 16.6. The van der Waals surface area contributed by atoms with E-state index in [1.165, 1.54) is 0 Å². The number of nitrogens with zero attached hydrogens (tertiary/aromatic N) is 2. The molecule has 3 heterocycles. The Bertz CT molecular complexity index is 1230. The second kappa shape index (κ2) is 13.5. The number of likely N-dealkylation sites (tertiary alicyclic amines) is 1. The van der Waals surface area contributed by atoms with Crippen LogP contribution in [0.4, 0.5) is 0 Å². The summed E-state index contributed by atoms with van der Waals surface area (Å²) in [6.07, 6.45) is 5.63. The number of carbonyl (C=O) groups is 3. The van der Waals surface area contributed by atoms with Crippen LogP contribution in [-0.2, 0) is 30.3 Å². The molecule has 2 bridgehead atoms. The third kappa shape index (κ3) is 6.56. The number of esters is 1. The largest absolute Gasteiger partial charge is 0.465 e. The number of benzene rings is 1. The van der Waals surface area contributed by atoms with Crippen molar-refractivity contribution in [1.29, 1.82) is 0 Å². The van der Waals surface area contributed by atoms with Crippen LogP contribution in [0.5, 0.6) is 0 Å². The van der Waals surface area contributed by atoms with Gasteiger partial charge in [-0.25, -0.2) is 0 Å². The van der Waals surface area contributed by atoms with E-state index in [9.17, 15) is 14.7 Å². The van der Waals surface area contributed by atoms with Crippen molar-refractivity contribution in [2.45, 2.75) is 101 Å². The fourth-order valence-corrected chi connectivity index (χ4v) is 8.89. The van der Waals surface area contributed by atoms with Gasteiger partial charge in [0.05, 0.1) is 37.2 Å². The molecular weight excluding hydrogens is 624 g/mol. The SMILES string of the molecule is C=CCCCOC(=O)[C@H]1[C@@H]2OC3(CC2Br)C(C(=O)N(CC=C)C(C)(C)CC(C)(C)C)N([C@@H](CO)Cc2ccccc2)C(=O)[C@H]13. The lowest BCUT2D eigenvalue weighted by atomic mass is 9.70. The quantitative estimate of drug-likeness (QED) is 0.128. The highest BCUT2D eigenvalue weighted by molar-refractivity contribution is 9.09. The predicted molar refractivity (Wildman–Crippen MR) is 174 cm³/mol. The molecule has 4 rings (SSSR count). The molecule has 242 valence electrons. The number of ether oxygens (including phenoxy) is 2. The summed E-state index contributed by atoms with van der Waals surface area (Å²) in [4.78, 5) is 46.4. The van der Waals surface area contributed by atoms with Gasteiger partial charge in [-0.15, -0.1) is 13.2 Å². The molecule has 1 N–H and O–H groups in total. The predicted octanol–water partition coefficient (Wildman–Crippen LogP) is 5.08. The van der Waals surface area contributed by atoms with Gasteiger partial charge in [0, 0.05) is 16.9 Å². The molecule has 44 heavy (non-hydrogen) atoms. The first-order chi connectivity index (χ1) is 20.7. The van der Waals surface area contributed by atoms with Crippen molar-refractivity contribution in [2.75, 3.05) is 19.8 Å². The zero-order valence-electron chi connectivity index (χ0n) is 26.8. The number of carbonyl (C=O) groups excluding carboxylic acids is 3. The Labute approximate surface area is 271 Å². The second-order valence-electron chi connectivity index (χ2n) is 14.3. The van der Waals surface area contributed by atoms with Crippen LogP contribution in [0, 0.1) is 17.3 Å². The van der Waals surface area contributed by atoms with E-state index < -0.39 is 47.1 Å². The number of hydrogen-bond acceptors (Lipinski definition) is 6. The molecule has 3 aliphatic rings. The molecule has 1 aromatic rings. The van der Waals surface area contributed by atoms with Crippen LogP contribution in [0.1, 0.15) is 65.9 Å². The van der Waals surface area contributed by atoms with Crippen molar-refractivity contribution in [2.24, 2.45) is 17.3 Å². The van der Waals surface area contributed by atoms with E-state index in [1.54, 1.807) is 22.0 Å². The van der Waals surface area contributed by atoms with Crippen molar-refractivity contribution < 1.29 is 29.0 Å². The Balaban J connectivity index is 1.80. The topological polar surface area (TPSA) is 96.4 Å². The lowest BCUT2D eigenvalue weighted by molar-refractivity contribution is -0.158. The summed E-state index contributed by atoms with van der Waals surface area (Å²) < 4.78 is 12.4. The normalized spacial score (nSPS) is 28.5. The smallest absolute Gasteiger partial charge is 0.312 e. The van der Waals surface area contributed by atoms with Gasteiger partial charge in [-0.1, -0.05) is 79.2 Å². The number of aliphatic hydroxyl groups excluding tert-OH is 1. The molecule has 9 heteroatoms. The van der Waals surface area contributed by atoms with Gasteiger partial charge < -0.3 is 24.4 Å². The highest BCUT2D eigenvalue weighted by Gasteiger charge is 2.77. The molecule has 1 aromatic carbocycles. The molecule has 3 unspecified atom stereocenters. The first-order valence-electron chi connectivity index (χ1n) is 15.7. The van der Waals surface area contributed by atoms with E-state index in [1.807, 2.05) is 44.2 Å². The number of allylic oxidation sites excluding steroid dienone is 1. The van der Waals surface area contributed by atoms with E-state index in [0.717, 1.165) is 5.56 Å². The van der Waals surface area contributed by atoms with E-state index in [-0.39, 0.29) is 41.8 Å². The summed E-state index contributed by atoms with van der Waals surface area (Å²) in [5.74, 6) is -2.86. The molecule has 1 spiro atoms. The lowest BCUT2D eigenvalue weighted by Crippen LogP contribution is -2.63. The Morgan fingerprint density at radius 1 is 1.20 bits per heavy atom. The second-order valence-corrected chi connectivity index (χ2v) is 15.5. The van der Waals surface area contributed by atoms with Crippen molar-refractivity contribution in [3.63, 3.8) is 0 Å². The molecule has 0 radical (unpaired) electrons. The monoisotopic (exact) mass is 672 g/mol. The van der Waals surface area contributed by atoms with E-state index in [0.29, 0.717) is 32.1 Å². The molecule has 7 atom stereocenters. The number of rotatable bonds is 14. The zero-order chi connectivity index (χ0) is 32.4. The van der Waals surface area contributed by atoms with Crippen molar-refractivity contribution in [3.05, 3.63) is 61.2 Å². The fourth-order valence-electron chi connectivity index (χ4n) is 7.95. The number of alkyl halides is 1. The van der Waals surface area contributed by atoms with Gasteiger partial charge in [0.15, 0.2) is 0 Å². The number of fused-ring (bicyclic) bond motifs is 1. The van der Waals surface area contributed by atoms with Crippen LogP contribution in [0.3, 0.4) is 0 Å². The van der Waals surface area contributed by atoms with Crippen molar-refractivity contribution in [1.82, 2.24) is 9.80 Å². The minimum absolute atomic E-state index is 0.0835. The maximum atomic E-state index is 15.0. The summed E-state index contributed by atoms with van der Waals surface area (Å²) in [7, 11) is 0. The van der Waals surface area contributed by atoms with Gasteiger partial charge in [-0.3, -0.25) is 14.4 Å². The van der Waals surface area contributed by atoms with Crippen LogP contribution in [0.15, 0.2) is 55.6 Å². The number of amides is 2. The maximum Gasteiger partial charge on any atom is 0.312 e. The number of halogens is 1. The molecule has 8 nitrogen and oxygen atoms in total. The molecule has 0 saturated carbocycles. The Hall–Kier alpha value is -2.49. The van der Waals surface area contributed by atoms with E-state index in [4.69, 9.17) is 9.47 Å². The highest BCUT2D eigenvalue weighted by Crippen LogP contribution is 2.61. The molecule has 0 aliphatic carbocycles. The van der Waals surface area contributed by atoms with E-state index >= 15 is 4.79 Å². The molecule has 3 fully saturated rings. The summed E-state index contributed by atoms with van der Waals surface area (Å²) in [6, 6.07) is 7.87. The molecule has 0 aromatic heterocycles. The molecule has 2 amide bonds. The van der Waals surface area contributed by atoms with Crippen molar-refractivity contribution in [3.8, 4) is 0 Å². The third-order valence-electron chi connectivity index (χ3n) is 9.22. The van der Waals surface area contributed by atoms with Crippen LogP contribution in [0.25, 0.3) is 0 Å². The zero-order valence-corrected chi connectivity index (χ0v) is 28.4. The van der Waals surface area contributed by atoms with Crippen LogP contribution < -0.4 is 0 Å². The van der Waals surface area contributed by atoms with Gasteiger partial charge in [0.2, 0.25) is 11.8 Å². The number of unbranched alkanes of at least 4 members (excludes halogenated alkanes) is 1. The van der Waals surface area contributed by atoms with Crippen LogP contribution >= 0.6 is 15.9 Å². The summed E-state index contributed by atoms with van der Waals surface area (Å²) >= 11 is 3.73. The van der Waals surface area contributed by atoms with Crippen molar-refractivity contribution >= 4 is 33.7 Å². The Morgan fingerprint density at radius 3 is 2.48 bits per heavy atom.